The Balaban J connectivity index is 1.53. The summed E-state index contributed by atoms with van der Waals surface area (Å²) < 4.78 is 6.84. The summed E-state index contributed by atoms with van der Waals surface area (Å²) in [6.45, 7) is 0.676. The smallest absolute Gasteiger partial charge is 0.269 e. The lowest BCUT2D eigenvalue weighted by Crippen LogP contribution is -2.41. The average molecular weight is 406 g/mol. The second-order valence-electron chi connectivity index (χ2n) is 7.17. The van der Waals surface area contributed by atoms with Crippen molar-refractivity contribution in [1.82, 2.24) is 20.4 Å². The van der Waals surface area contributed by atoms with Crippen LogP contribution in [0.5, 0.6) is 5.75 Å². The summed E-state index contributed by atoms with van der Waals surface area (Å²) in [5, 5.41) is 0.484. The summed E-state index contributed by atoms with van der Waals surface area (Å²) in [5.74, 6) is 0.337. The molecule has 0 unspecified atom stereocenters. The number of nitrogens with one attached hydrogen (secondary N) is 2. The van der Waals surface area contributed by atoms with Gasteiger partial charge in [0, 0.05) is 24.1 Å². The fourth-order valence-electron chi connectivity index (χ4n) is 3.58. The van der Waals surface area contributed by atoms with Crippen molar-refractivity contribution in [1.29, 1.82) is 0 Å². The van der Waals surface area contributed by atoms with Gasteiger partial charge in [-0.2, -0.15) is 0 Å². The number of rotatable bonds is 3. The van der Waals surface area contributed by atoms with Gasteiger partial charge in [0.25, 0.3) is 17.4 Å². The third-order valence-corrected chi connectivity index (χ3v) is 5.20. The predicted octanol–water partition coefficient (Wildman–Crippen LogP) is 2.21. The molecule has 30 heavy (non-hydrogen) atoms. The first kappa shape index (κ1) is 19.6. The van der Waals surface area contributed by atoms with Gasteiger partial charge in [-0.1, -0.05) is 12.5 Å². The van der Waals surface area contributed by atoms with Crippen LogP contribution in [0.4, 0.5) is 0 Å². The van der Waals surface area contributed by atoms with Crippen LogP contribution in [-0.4, -0.2) is 28.5 Å². The zero-order chi connectivity index (χ0) is 21.1. The molecule has 0 bridgehead atoms. The number of amides is 2. The standard InChI is InChI=1S/C22H22N4O4/c1-30-16-7-5-6-14(12-16)20(27)24-25-21(28)15-9-10-17-18(13-15)23-19-8-3-2-4-11-26(19)22(17)29/h5-7,9-10,12-13H,2-4,8,11H2,1H3,(H,24,27)(H,25,28). The number of hydrazine groups is 1. The molecule has 8 heteroatoms. The Morgan fingerprint density at radius 3 is 2.53 bits per heavy atom. The summed E-state index contributed by atoms with van der Waals surface area (Å²) in [5.41, 5.74) is 5.85. The second kappa shape index (κ2) is 8.36. The van der Waals surface area contributed by atoms with E-state index in [1.54, 1.807) is 47.0 Å². The zero-order valence-electron chi connectivity index (χ0n) is 16.6. The lowest BCUT2D eigenvalue weighted by Gasteiger charge is -2.11. The Bertz CT molecular complexity index is 1190. The van der Waals surface area contributed by atoms with Crippen LogP contribution in [0.15, 0.2) is 47.3 Å². The lowest BCUT2D eigenvalue weighted by molar-refractivity contribution is 0.0846. The van der Waals surface area contributed by atoms with Crippen LogP contribution in [0.25, 0.3) is 10.9 Å². The van der Waals surface area contributed by atoms with Gasteiger partial charge in [-0.3, -0.25) is 29.8 Å². The van der Waals surface area contributed by atoms with Crippen LogP contribution in [-0.2, 0) is 13.0 Å². The van der Waals surface area contributed by atoms with Crippen LogP contribution in [0, 0.1) is 0 Å². The summed E-state index contributed by atoms with van der Waals surface area (Å²) in [7, 11) is 1.51. The molecule has 1 aliphatic rings. The molecule has 2 heterocycles. The second-order valence-corrected chi connectivity index (χ2v) is 7.17. The van der Waals surface area contributed by atoms with Gasteiger partial charge in [-0.25, -0.2) is 4.98 Å². The Hall–Kier alpha value is -3.68. The van der Waals surface area contributed by atoms with E-state index in [0.29, 0.717) is 34.3 Å². The minimum atomic E-state index is -0.495. The molecule has 0 radical (unpaired) electrons. The summed E-state index contributed by atoms with van der Waals surface area (Å²) in [4.78, 5) is 42.2. The number of hydrogen-bond donors (Lipinski definition) is 2. The molecular formula is C22H22N4O4. The highest BCUT2D eigenvalue weighted by atomic mass is 16.5. The SMILES string of the molecule is COc1cccc(C(=O)NNC(=O)c2ccc3c(=O)n4c(nc3c2)CCCCC4)c1. The van der Waals surface area contributed by atoms with E-state index in [-0.39, 0.29) is 5.56 Å². The topological polar surface area (TPSA) is 102 Å². The zero-order valence-corrected chi connectivity index (χ0v) is 16.6. The van der Waals surface area contributed by atoms with Crippen LogP contribution in [0.2, 0.25) is 0 Å². The number of carbonyl (C=O) groups is 2. The number of hydrogen-bond acceptors (Lipinski definition) is 5. The molecule has 2 N–H and O–H groups in total. The van der Waals surface area contributed by atoms with Gasteiger partial charge in [0.1, 0.15) is 11.6 Å². The molecular weight excluding hydrogens is 384 g/mol. The Morgan fingerprint density at radius 2 is 1.77 bits per heavy atom. The van der Waals surface area contributed by atoms with Crippen molar-refractivity contribution in [2.24, 2.45) is 0 Å². The molecule has 0 spiro atoms. The van der Waals surface area contributed by atoms with Gasteiger partial charge in [0.05, 0.1) is 18.0 Å². The maximum absolute atomic E-state index is 12.8. The van der Waals surface area contributed by atoms with E-state index in [1.807, 2.05) is 0 Å². The lowest BCUT2D eigenvalue weighted by atomic mass is 10.1. The first-order valence-corrected chi connectivity index (χ1v) is 9.85. The molecule has 4 rings (SSSR count). The van der Waals surface area contributed by atoms with Crippen molar-refractivity contribution >= 4 is 22.7 Å². The minimum Gasteiger partial charge on any atom is -0.497 e. The van der Waals surface area contributed by atoms with Crippen molar-refractivity contribution in [2.75, 3.05) is 7.11 Å². The third-order valence-electron chi connectivity index (χ3n) is 5.20. The molecule has 0 aliphatic carbocycles. The molecule has 1 aromatic heterocycles. The number of nitrogens with zero attached hydrogens (tertiary/aromatic N) is 2. The monoisotopic (exact) mass is 406 g/mol. The first-order chi connectivity index (χ1) is 14.6. The maximum Gasteiger partial charge on any atom is 0.269 e. The summed E-state index contributed by atoms with van der Waals surface area (Å²) in [6.07, 6.45) is 3.78. The molecule has 2 amide bonds. The van der Waals surface area contributed by atoms with Crippen molar-refractivity contribution in [3.05, 3.63) is 69.8 Å². The largest absolute Gasteiger partial charge is 0.497 e. The average Bonchev–Trinajstić information content (AvgIpc) is 3.02. The van der Waals surface area contributed by atoms with Gasteiger partial charge in [0.15, 0.2) is 0 Å². The van der Waals surface area contributed by atoms with E-state index < -0.39 is 11.8 Å². The van der Waals surface area contributed by atoms with E-state index in [0.717, 1.165) is 31.5 Å². The molecule has 8 nitrogen and oxygen atoms in total. The molecule has 1 aliphatic heterocycles. The molecule has 0 atom stereocenters. The van der Waals surface area contributed by atoms with Crippen molar-refractivity contribution in [3.63, 3.8) is 0 Å². The highest BCUT2D eigenvalue weighted by Gasteiger charge is 2.16. The van der Waals surface area contributed by atoms with Crippen LogP contribution in [0.3, 0.4) is 0 Å². The molecule has 2 aromatic carbocycles. The van der Waals surface area contributed by atoms with E-state index in [2.05, 4.69) is 15.8 Å². The maximum atomic E-state index is 12.8. The van der Waals surface area contributed by atoms with Gasteiger partial charge in [0.2, 0.25) is 0 Å². The summed E-state index contributed by atoms with van der Waals surface area (Å²) in [6, 6.07) is 11.3. The van der Waals surface area contributed by atoms with E-state index in [9.17, 15) is 14.4 Å². The van der Waals surface area contributed by atoms with E-state index in [4.69, 9.17) is 4.74 Å². The quantitative estimate of drug-likeness (QED) is 0.650. The number of methoxy groups -OCH3 is 1. The van der Waals surface area contributed by atoms with Crippen LogP contribution in [0.1, 0.15) is 45.8 Å². The molecule has 0 fully saturated rings. The van der Waals surface area contributed by atoms with Crippen molar-refractivity contribution < 1.29 is 14.3 Å². The molecule has 154 valence electrons. The number of fused-ring (bicyclic) bond motifs is 2. The predicted molar refractivity (Wildman–Crippen MR) is 111 cm³/mol. The molecule has 0 saturated carbocycles. The fraction of sp³-hybridized carbons (Fsp3) is 0.273. The van der Waals surface area contributed by atoms with Crippen molar-refractivity contribution in [2.45, 2.75) is 32.2 Å². The highest BCUT2D eigenvalue weighted by Crippen LogP contribution is 2.16. The van der Waals surface area contributed by atoms with E-state index >= 15 is 0 Å². The summed E-state index contributed by atoms with van der Waals surface area (Å²) >= 11 is 0. The number of aryl methyl sites for hydroxylation is 1. The van der Waals surface area contributed by atoms with Crippen LogP contribution < -0.4 is 21.1 Å². The number of ether oxygens (including phenoxy) is 1. The van der Waals surface area contributed by atoms with Gasteiger partial charge < -0.3 is 4.74 Å². The Labute approximate surface area is 172 Å². The number of aromatic nitrogens is 2. The number of carbonyl (C=O) groups excluding carboxylic acids is 2. The molecule has 0 saturated heterocycles. The van der Waals surface area contributed by atoms with Crippen molar-refractivity contribution in [3.8, 4) is 5.75 Å². The number of benzene rings is 2. The van der Waals surface area contributed by atoms with E-state index in [1.165, 1.54) is 7.11 Å². The highest BCUT2D eigenvalue weighted by molar-refractivity contribution is 6.00. The minimum absolute atomic E-state index is 0.0739. The van der Waals surface area contributed by atoms with Gasteiger partial charge >= 0.3 is 0 Å². The normalized spacial score (nSPS) is 13.2. The molecule has 3 aromatic rings. The van der Waals surface area contributed by atoms with Crippen LogP contribution >= 0.6 is 0 Å². The Kier molecular flexibility index (Phi) is 5.47. The first-order valence-electron chi connectivity index (χ1n) is 9.85. The Morgan fingerprint density at radius 1 is 1.00 bits per heavy atom. The fourth-order valence-corrected chi connectivity index (χ4v) is 3.58. The third kappa shape index (κ3) is 3.89. The van der Waals surface area contributed by atoms with Gasteiger partial charge in [-0.05, 0) is 49.2 Å². The van der Waals surface area contributed by atoms with Gasteiger partial charge in [-0.15, -0.1) is 0 Å².